The first-order valence-corrected chi connectivity index (χ1v) is 5.02. The van der Waals surface area contributed by atoms with Crippen molar-refractivity contribution in [3.05, 3.63) is 43.2 Å². The summed E-state index contributed by atoms with van der Waals surface area (Å²) in [5.74, 6) is 0.349. The molecule has 1 aromatic rings. The molecule has 0 saturated carbocycles. The van der Waals surface area contributed by atoms with Gasteiger partial charge in [0.2, 0.25) is 0 Å². The second-order valence-electron chi connectivity index (χ2n) is 2.67. The quantitative estimate of drug-likeness (QED) is 0.208. The molecule has 0 aromatic heterocycles. The minimum absolute atomic E-state index is 0.0537. The summed E-state index contributed by atoms with van der Waals surface area (Å²) in [6.45, 7) is 0.343. The van der Waals surface area contributed by atoms with Gasteiger partial charge in [-0.25, -0.2) is 0 Å². The number of benzene rings is 1. The lowest BCUT2D eigenvalue weighted by Crippen LogP contribution is -2.01. The van der Waals surface area contributed by atoms with E-state index < -0.39 is 4.92 Å². The Hall–Kier alpha value is -1.79. The van der Waals surface area contributed by atoms with Gasteiger partial charge in [0, 0.05) is 11.0 Å². The molecule has 0 amide bonds. The molecule has 84 valence electrons. The zero-order valence-corrected chi connectivity index (χ0v) is 9.62. The average Bonchev–Trinajstić information content (AvgIpc) is 2.26. The van der Waals surface area contributed by atoms with Gasteiger partial charge in [0.15, 0.2) is 0 Å². The smallest absolute Gasteiger partial charge is 0.273 e. The number of azide groups is 1. The van der Waals surface area contributed by atoms with Gasteiger partial charge in [0.1, 0.15) is 5.75 Å². The van der Waals surface area contributed by atoms with E-state index in [1.165, 1.54) is 18.2 Å². The van der Waals surface area contributed by atoms with E-state index in [0.29, 0.717) is 10.2 Å². The molecule has 0 heterocycles. The van der Waals surface area contributed by atoms with Gasteiger partial charge in [-0.3, -0.25) is 10.1 Å². The van der Waals surface area contributed by atoms with Crippen molar-refractivity contribution in [1.82, 2.24) is 0 Å². The topological polar surface area (TPSA) is 101 Å². The van der Waals surface area contributed by atoms with Crippen LogP contribution in [0.15, 0.2) is 27.8 Å². The van der Waals surface area contributed by atoms with Gasteiger partial charge < -0.3 is 4.74 Å². The standard InChI is InChI=1S/C8H7BrN4O3/c9-7-2-1-6(13(14)15)5-8(7)16-4-3-11-12-10/h1-2,5H,3-4H2. The first-order valence-electron chi connectivity index (χ1n) is 4.22. The molecule has 0 aliphatic rings. The highest BCUT2D eigenvalue weighted by molar-refractivity contribution is 9.10. The lowest BCUT2D eigenvalue weighted by Gasteiger charge is -2.05. The van der Waals surface area contributed by atoms with E-state index in [0.717, 1.165) is 0 Å². The number of halogens is 1. The Balaban J connectivity index is 2.74. The summed E-state index contributed by atoms with van der Waals surface area (Å²) in [6, 6.07) is 4.20. The number of nitro benzene ring substituents is 1. The summed E-state index contributed by atoms with van der Waals surface area (Å²) in [5.41, 5.74) is 7.99. The summed E-state index contributed by atoms with van der Waals surface area (Å²) >= 11 is 3.20. The fourth-order valence-electron chi connectivity index (χ4n) is 0.957. The molecular formula is C8H7BrN4O3. The fraction of sp³-hybridized carbons (Fsp3) is 0.250. The third-order valence-electron chi connectivity index (χ3n) is 1.64. The Morgan fingerprint density at radius 1 is 1.62 bits per heavy atom. The van der Waals surface area contributed by atoms with Crippen molar-refractivity contribution in [2.45, 2.75) is 0 Å². The van der Waals surface area contributed by atoms with Crippen LogP contribution in [-0.4, -0.2) is 18.1 Å². The molecule has 8 heteroatoms. The van der Waals surface area contributed by atoms with Crippen molar-refractivity contribution in [1.29, 1.82) is 0 Å². The first kappa shape index (κ1) is 12.3. The first-order chi connectivity index (χ1) is 7.65. The molecule has 0 bridgehead atoms. The van der Waals surface area contributed by atoms with E-state index in [2.05, 4.69) is 26.0 Å². The third-order valence-corrected chi connectivity index (χ3v) is 2.29. The summed E-state index contributed by atoms with van der Waals surface area (Å²) in [5, 5.41) is 13.8. The number of rotatable bonds is 5. The Kier molecular flexibility index (Phi) is 4.56. The molecule has 0 radical (unpaired) electrons. The van der Waals surface area contributed by atoms with Crippen LogP contribution < -0.4 is 4.74 Å². The molecule has 0 saturated heterocycles. The number of ether oxygens (including phenoxy) is 1. The van der Waals surface area contributed by atoms with Crippen LogP contribution in [0.3, 0.4) is 0 Å². The molecule has 0 aliphatic heterocycles. The van der Waals surface area contributed by atoms with Gasteiger partial charge in [-0.2, -0.15) is 0 Å². The predicted molar refractivity (Wildman–Crippen MR) is 60.3 cm³/mol. The van der Waals surface area contributed by atoms with Crippen LogP contribution in [0.4, 0.5) is 5.69 Å². The van der Waals surface area contributed by atoms with Crippen LogP contribution in [-0.2, 0) is 0 Å². The minimum atomic E-state index is -0.507. The molecule has 1 rings (SSSR count). The minimum Gasteiger partial charge on any atom is -0.492 e. The van der Waals surface area contributed by atoms with Crippen molar-refractivity contribution in [3.8, 4) is 5.75 Å². The fourth-order valence-corrected chi connectivity index (χ4v) is 1.32. The molecule has 0 aliphatic carbocycles. The zero-order valence-electron chi connectivity index (χ0n) is 8.04. The summed E-state index contributed by atoms with van der Waals surface area (Å²) in [7, 11) is 0. The monoisotopic (exact) mass is 286 g/mol. The lowest BCUT2D eigenvalue weighted by atomic mass is 10.3. The maximum atomic E-state index is 10.5. The highest BCUT2D eigenvalue weighted by Gasteiger charge is 2.09. The molecule has 0 spiro atoms. The lowest BCUT2D eigenvalue weighted by molar-refractivity contribution is -0.385. The molecule has 1 aromatic carbocycles. The summed E-state index contributed by atoms with van der Waals surface area (Å²) < 4.78 is 5.82. The van der Waals surface area contributed by atoms with Crippen LogP contribution in [0.1, 0.15) is 0 Å². The van der Waals surface area contributed by atoms with Crippen molar-refractivity contribution in [3.63, 3.8) is 0 Å². The molecular weight excluding hydrogens is 280 g/mol. The second-order valence-corrected chi connectivity index (χ2v) is 3.53. The van der Waals surface area contributed by atoms with E-state index in [9.17, 15) is 10.1 Å². The van der Waals surface area contributed by atoms with Gasteiger partial charge in [-0.15, -0.1) is 0 Å². The van der Waals surface area contributed by atoms with Crippen LogP contribution in [0.2, 0.25) is 0 Å². The van der Waals surface area contributed by atoms with Crippen molar-refractivity contribution < 1.29 is 9.66 Å². The van der Waals surface area contributed by atoms with Crippen LogP contribution in [0, 0.1) is 10.1 Å². The zero-order chi connectivity index (χ0) is 12.0. The third kappa shape index (κ3) is 3.41. The van der Waals surface area contributed by atoms with E-state index in [4.69, 9.17) is 10.3 Å². The van der Waals surface area contributed by atoms with E-state index in [1.54, 1.807) is 0 Å². The average molecular weight is 287 g/mol. The maximum absolute atomic E-state index is 10.5. The van der Waals surface area contributed by atoms with Gasteiger partial charge in [0.05, 0.1) is 28.6 Å². The normalized spacial score (nSPS) is 9.31. The molecule has 0 N–H and O–H groups in total. The number of non-ortho nitro benzene ring substituents is 1. The SMILES string of the molecule is [N-]=[N+]=NCCOc1cc([N+](=O)[O-])ccc1Br. The van der Waals surface area contributed by atoms with Crippen molar-refractivity contribution in [2.75, 3.05) is 13.2 Å². The predicted octanol–water partition coefficient (Wildman–Crippen LogP) is 3.05. The van der Waals surface area contributed by atoms with E-state index >= 15 is 0 Å². The van der Waals surface area contributed by atoms with Crippen LogP contribution in [0.5, 0.6) is 5.75 Å². The Labute approximate surface area is 98.9 Å². The van der Waals surface area contributed by atoms with Crippen LogP contribution >= 0.6 is 15.9 Å². The van der Waals surface area contributed by atoms with Crippen molar-refractivity contribution in [2.24, 2.45) is 5.11 Å². The van der Waals surface area contributed by atoms with Crippen LogP contribution in [0.25, 0.3) is 10.4 Å². The number of nitro groups is 1. The molecule has 7 nitrogen and oxygen atoms in total. The van der Waals surface area contributed by atoms with Gasteiger partial charge in [-0.1, -0.05) is 5.11 Å². The van der Waals surface area contributed by atoms with Gasteiger partial charge >= 0.3 is 0 Å². The number of nitrogens with zero attached hydrogens (tertiary/aromatic N) is 4. The Morgan fingerprint density at radius 2 is 2.38 bits per heavy atom. The molecule has 0 unspecified atom stereocenters. The molecule has 0 atom stereocenters. The van der Waals surface area contributed by atoms with E-state index in [1.807, 2.05) is 0 Å². The molecule has 0 fully saturated rings. The number of hydrogen-bond acceptors (Lipinski definition) is 4. The largest absolute Gasteiger partial charge is 0.492 e. The number of hydrogen-bond donors (Lipinski definition) is 0. The molecule has 16 heavy (non-hydrogen) atoms. The Bertz CT molecular complexity index is 445. The van der Waals surface area contributed by atoms with Crippen molar-refractivity contribution >= 4 is 21.6 Å². The van der Waals surface area contributed by atoms with E-state index in [-0.39, 0.29) is 18.8 Å². The summed E-state index contributed by atoms with van der Waals surface area (Å²) in [6.07, 6.45) is 0. The highest BCUT2D eigenvalue weighted by atomic mass is 79.9. The maximum Gasteiger partial charge on any atom is 0.273 e. The summed E-state index contributed by atoms with van der Waals surface area (Å²) in [4.78, 5) is 12.6. The highest BCUT2D eigenvalue weighted by Crippen LogP contribution is 2.29. The van der Waals surface area contributed by atoms with Gasteiger partial charge in [-0.05, 0) is 27.5 Å². The Morgan fingerprint density at radius 3 is 3.00 bits per heavy atom. The second kappa shape index (κ2) is 5.94. The van der Waals surface area contributed by atoms with Gasteiger partial charge in [0.25, 0.3) is 5.69 Å².